The van der Waals surface area contributed by atoms with Gasteiger partial charge in [0.25, 0.3) is 5.91 Å². The molecule has 1 aliphatic carbocycles. The van der Waals surface area contributed by atoms with E-state index in [4.69, 9.17) is 0 Å². The van der Waals surface area contributed by atoms with E-state index >= 15 is 0 Å². The summed E-state index contributed by atoms with van der Waals surface area (Å²) in [5, 5.41) is 6.32. The fourth-order valence-corrected chi connectivity index (χ4v) is 4.02. The lowest BCUT2D eigenvalue weighted by atomic mass is 9.95. The molecule has 0 fully saturated rings. The fraction of sp³-hybridized carbons (Fsp3) is 0.312. The van der Waals surface area contributed by atoms with Gasteiger partial charge in [0, 0.05) is 18.0 Å². The molecule has 0 radical (unpaired) electrons. The largest absolute Gasteiger partial charge is 0.320 e. The Kier molecular flexibility index (Phi) is 4.20. The van der Waals surface area contributed by atoms with Crippen LogP contribution in [0.15, 0.2) is 24.5 Å². The maximum absolute atomic E-state index is 12.7. The number of carbonyl (C=O) groups excluding carboxylic acids is 2. The third kappa shape index (κ3) is 3.01. The number of nitrogens with one attached hydrogen (secondary N) is 2. The van der Waals surface area contributed by atoms with Crippen LogP contribution in [0, 0.1) is 0 Å². The Morgan fingerprint density at radius 1 is 1.23 bits per heavy atom. The van der Waals surface area contributed by atoms with E-state index in [0.29, 0.717) is 16.3 Å². The topological polar surface area (TPSA) is 71.1 Å². The Hall–Kier alpha value is -2.21. The second-order valence-electron chi connectivity index (χ2n) is 5.29. The molecular weight excluding hydrogens is 298 g/mol. The van der Waals surface area contributed by atoms with Crippen LogP contribution in [0.2, 0.25) is 0 Å². The summed E-state index contributed by atoms with van der Waals surface area (Å²) in [4.78, 5) is 29.3. The molecule has 0 spiro atoms. The lowest BCUT2D eigenvalue weighted by Gasteiger charge is -2.13. The average Bonchev–Trinajstić information content (AvgIpc) is 2.85. The molecule has 0 bridgehead atoms. The minimum absolute atomic E-state index is 0.158. The second-order valence-corrected chi connectivity index (χ2v) is 6.40. The van der Waals surface area contributed by atoms with Gasteiger partial charge in [-0.15, -0.1) is 11.3 Å². The zero-order valence-corrected chi connectivity index (χ0v) is 13.1. The molecule has 5 nitrogen and oxygen atoms in total. The molecule has 22 heavy (non-hydrogen) atoms. The molecule has 0 saturated carbocycles. The summed E-state index contributed by atoms with van der Waals surface area (Å²) in [6.45, 7) is 1.46. The lowest BCUT2D eigenvalue weighted by molar-refractivity contribution is -0.114. The summed E-state index contributed by atoms with van der Waals surface area (Å²) in [7, 11) is 0. The fourth-order valence-electron chi connectivity index (χ4n) is 2.68. The van der Waals surface area contributed by atoms with Crippen LogP contribution in [0.5, 0.6) is 0 Å². The van der Waals surface area contributed by atoms with E-state index in [1.807, 2.05) is 0 Å². The molecule has 2 aromatic rings. The molecule has 0 unspecified atom stereocenters. The normalized spacial score (nSPS) is 13.3. The Balaban J connectivity index is 1.95. The zero-order valence-electron chi connectivity index (χ0n) is 12.3. The third-order valence-electron chi connectivity index (χ3n) is 3.61. The standard InChI is InChI=1S/C16H17N3O2S/c1-10(20)18-16-14(12-6-2-3-7-13(12)22-16)15(21)19-11-5-4-8-17-9-11/h4-5,8-9H,2-3,6-7H2,1H3,(H,18,20)(H,19,21). The second kappa shape index (κ2) is 6.27. The van der Waals surface area contributed by atoms with E-state index < -0.39 is 0 Å². The Labute approximate surface area is 132 Å². The number of fused-ring (bicyclic) bond motifs is 1. The summed E-state index contributed by atoms with van der Waals surface area (Å²) >= 11 is 1.52. The first-order valence-corrected chi connectivity index (χ1v) is 8.10. The van der Waals surface area contributed by atoms with Crippen molar-refractivity contribution in [2.45, 2.75) is 32.6 Å². The van der Waals surface area contributed by atoms with Gasteiger partial charge in [-0.05, 0) is 43.4 Å². The Morgan fingerprint density at radius 3 is 2.77 bits per heavy atom. The zero-order chi connectivity index (χ0) is 15.5. The molecule has 0 aromatic carbocycles. The maximum atomic E-state index is 12.7. The number of hydrogen-bond acceptors (Lipinski definition) is 4. The minimum atomic E-state index is -0.184. The minimum Gasteiger partial charge on any atom is -0.320 e. The number of thiophene rings is 1. The smallest absolute Gasteiger partial charge is 0.259 e. The van der Waals surface area contributed by atoms with Crippen LogP contribution in [0.1, 0.15) is 40.6 Å². The molecule has 3 rings (SSSR count). The number of aromatic nitrogens is 1. The van der Waals surface area contributed by atoms with E-state index in [9.17, 15) is 9.59 Å². The van der Waals surface area contributed by atoms with Crippen molar-refractivity contribution >= 4 is 33.8 Å². The Morgan fingerprint density at radius 2 is 2.05 bits per heavy atom. The number of nitrogens with zero attached hydrogens (tertiary/aromatic N) is 1. The first kappa shape index (κ1) is 14.7. The van der Waals surface area contributed by atoms with Crippen molar-refractivity contribution in [2.24, 2.45) is 0 Å². The highest BCUT2D eigenvalue weighted by Gasteiger charge is 2.25. The summed E-state index contributed by atoms with van der Waals surface area (Å²) in [6, 6.07) is 3.56. The van der Waals surface area contributed by atoms with Gasteiger partial charge in [0.15, 0.2) is 0 Å². The highest BCUT2D eigenvalue weighted by molar-refractivity contribution is 7.17. The third-order valence-corrected chi connectivity index (χ3v) is 4.81. The molecule has 114 valence electrons. The van der Waals surface area contributed by atoms with Crippen molar-refractivity contribution in [2.75, 3.05) is 10.6 Å². The predicted octanol–water partition coefficient (Wildman–Crippen LogP) is 3.23. The monoisotopic (exact) mass is 315 g/mol. The van der Waals surface area contributed by atoms with Gasteiger partial charge in [-0.1, -0.05) is 0 Å². The quantitative estimate of drug-likeness (QED) is 0.913. The lowest BCUT2D eigenvalue weighted by Crippen LogP contribution is -2.17. The van der Waals surface area contributed by atoms with Gasteiger partial charge in [-0.25, -0.2) is 0 Å². The molecule has 0 saturated heterocycles. The van der Waals surface area contributed by atoms with Gasteiger partial charge in [0.1, 0.15) is 5.00 Å². The number of carbonyl (C=O) groups is 2. The maximum Gasteiger partial charge on any atom is 0.259 e. The van der Waals surface area contributed by atoms with Crippen LogP contribution in [0.4, 0.5) is 10.7 Å². The van der Waals surface area contributed by atoms with Crippen LogP contribution in [0.25, 0.3) is 0 Å². The average molecular weight is 315 g/mol. The predicted molar refractivity (Wildman–Crippen MR) is 87.5 cm³/mol. The van der Waals surface area contributed by atoms with E-state index in [1.54, 1.807) is 24.5 Å². The molecule has 2 amide bonds. The van der Waals surface area contributed by atoms with Crippen molar-refractivity contribution in [1.29, 1.82) is 0 Å². The highest BCUT2D eigenvalue weighted by Crippen LogP contribution is 2.38. The van der Waals surface area contributed by atoms with Crippen molar-refractivity contribution in [3.05, 3.63) is 40.5 Å². The highest BCUT2D eigenvalue weighted by atomic mass is 32.1. The van der Waals surface area contributed by atoms with Gasteiger partial charge in [-0.3, -0.25) is 14.6 Å². The number of aryl methyl sites for hydroxylation is 1. The number of rotatable bonds is 3. The van der Waals surface area contributed by atoms with Gasteiger partial charge in [0.05, 0.1) is 17.4 Å². The van der Waals surface area contributed by atoms with E-state index in [1.165, 1.54) is 23.1 Å². The van der Waals surface area contributed by atoms with Gasteiger partial charge >= 0.3 is 0 Å². The van der Waals surface area contributed by atoms with Crippen molar-refractivity contribution in [3.8, 4) is 0 Å². The van der Waals surface area contributed by atoms with Crippen molar-refractivity contribution in [3.63, 3.8) is 0 Å². The number of hydrogen-bond donors (Lipinski definition) is 2. The van der Waals surface area contributed by atoms with Gasteiger partial charge < -0.3 is 10.6 Å². The number of anilines is 2. The SMILES string of the molecule is CC(=O)Nc1sc2c(c1C(=O)Nc1cccnc1)CCCC2. The molecular formula is C16H17N3O2S. The number of pyridine rings is 1. The molecule has 1 aliphatic rings. The number of amides is 2. The van der Waals surface area contributed by atoms with E-state index in [0.717, 1.165) is 31.2 Å². The van der Waals surface area contributed by atoms with Crippen LogP contribution in [-0.4, -0.2) is 16.8 Å². The first-order chi connectivity index (χ1) is 10.6. The van der Waals surface area contributed by atoms with Gasteiger partial charge in [-0.2, -0.15) is 0 Å². The summed E-state index contributed by atoms with van der Waals surface area (Å²) in [6.07, 6.45) is 7.35. The first-order valence-electron chi connectivity index (χ1n) is 7.28. The van der Waals surface area contributed by atoms with Crippen molar-refractivity contribution in [1.82, 2.24) is 4.98 Å². The molecule has 6 heteroatoms. The van der Waals surface area contributed by atoms with E-state index in [-0.39, 0.29) is 11.8 Å². The summed E-state index contributed by atoms with van der Waals surface area (Å²) in [5.74, 6) is -0.342. The van der Waals surface area contributed by atoms with Crippen LogP contribution in [-0.2, 0) is 17.6 Å². The van der Waals surface area contributed by atoms with Crippen molar-refractivity contribution < 1.29 is 9.59 Å². The summed E-state index contributed by atoms with van der Waals surface area (Å²) in [5.41, 5.74) is 2.34. The van der Waals surface area contributed by atoms with Crippen LogP contribution in [0.3, 0.4) is 0 Å². The van der Waals surface area contributed by atoms with E-state index in [2.05, 4.69) is 15.6 Å². The molecule has 2 N–H and O–H groups in total. The molecule has 2 heterocycles. The Bertz CT molecular complexity index is 710. The van der Waals surface area contributed by atoms with Crippen LogP contribution >= 0.6 is 11.3 Å². The van der Waals surface area contributed by atoms with Gasteiger partial charge in [0.2, 0.25) is 5.91 Å². The molecule has 2 aromatic heterocycles. The van der Waals surface area contributed by atoms with Crippen LogP contribution < -0.4 is 10.6 Å². The summed E-state index contributed by atoms with van der Waals surface area (Å²) < 4.78 is 0. The molecule has 0 atom stereocenters. The molecule has 0 aliphatic heterocycles.